The van der Waals surface area contributed by atoms with Crippen molar-refractivity contribution >= 4 is 33.4 Å². The fourth-order valence-corrected chi connectivity index (χ4v) is 8.43. The van der Waals surface area contributed by atoms with E-state index in [0.29, 0.717) is 78.7 Å². The number of aromatic nitrogens is 5. The van der Waals surface area contributed by atoms with Crippen LogP contribution in [-0.2, 0) is 19.5 Å². The van der Waals surface area contributed by atoms with E-state index in [1.807, 2.05) is 23.4 Å². The van der Waals surface area contributed by atoms with Crippen LogP contribution in [-0.4, -0.2) is 97.6 Å². The number of benzene rings is 2. The van der Waals surface area contributed by atoms with Gasteiger partial charge < -0.3 is 19.6 Å². The van der Waals surface area contributed by atoms with Gasteiger partial charge in [-0.3, -0.25) is 19.4 Å². The number of nitrogens with zero attached hydrogens (tertiary/aromatic N) is 8. The van der Waals surface area contributed by atoms with E-state index in [4.69, 9.17) is 9.72 Å². The molecule has 2 saturated heterocycles. The molecule has 14 heteroatoms. The summed E-state index contributed by atoms with van der Waals surface area (Å²) in [6.45, 7) is 6.41. The van der Waals surface area contributed by atoms with Crippen molar-refractivity contribution < 1.29 is 27.8 Å². The second kappa shape index (κ2) is 12.9. The van der Waals surface area contributed by atoms with Crippen LogP contribution in [0.25, 0.3) is 32.9 Å². The molecule has 6 heterocycles. The second-order valence-electron chi connectivity index (χ2n) is 14.5. The molecular formula is C38H41F3N8O3. The van der Waals surface area contributed by atoms with Crippen molar-refractivity contribution in [1.29, 1.82) is 0 Å². The zero-order valence-electron chi connectivity index (χ0n) is 29.7. The Morgan fingerprint density at radius 3 is 2.75 bits per heavy atom. The fraction of sp³-hybridized carbons (Fsp3) is 0.447. The lowest BCUT2D eigenvalue weighted by atomic mass is 9.94. The number of carbonyl (C=O) groups is 1. The fourth-order valence-electron chi connectivity index (χ4n) is 8.43. The summed E-state index contributed by atoms with van der Waals surface area (Å²) in [5, 5.41) is 16.7. The molecule has 2 fully saturated rings. The molecule has 0 spiro atoms. The molecule has 2 atom stereocenters. The van der Waals surface area contributed by atoms with E-state index in [-0.39, 0.29) is 41.0 Å². The van der Waals surface area contributed by atoms with E-state index < -0.39 is 23.3 Å². The first-order chi connectivity index (χ1) is 25.0. The smallest absolute Gasteiger partial charge is 0.319 e. The van der Waals surface area contributed by atoms with Gasteiger partial charge in [-0.05, 0) is 73.7 Å². The number of carbonyl (C=O) groups excluding carboxylic acids is 1. The third kappa shape index (κ3) is 5.58. The Balaban J connectivity index is 1.28. The monoisotopic (exact) mass is 714 g/mol. The largest absolute Gasteiger partial charge is 0.508 e. The van der Waals surface area contributed by atoms with Gasteiger partial charge in [0.25, 0.3) is 5.91 Å². The van der Waals surface area contributed by atoms with Crippen molar-refractivity contribution in [2.45, 2.75) is 70.8 Å². The predicted octanol–water partition coefficient (Wildman–Crippen LogP) is 5.96. The first-order valence-corrected chi connectivity index (χ1v) is 17.8. The van der Waals surface area contributed by atoms with Gasteiger partial charge in [0.2, 0.25) is 0 Å². The highest BCUT2D eigenvalue weighted by atomic mass is 19.1. The van der Waals surface area contributed by atoms with E-state index in [0.717, 1.165) is 30.6 Å². The van der Waals surface area contributed by atoms with Crippen molar-refractivity contribution in [1.82, 2.24) is 34.5 Å². The number of alkyl halides is 1. The lowest BCUT2D eigenvalue weighted by Gasteiger charge is -2.31. The molecule has 1 N–H and O–H groups in total. The van der Waals surface area contributed by atoms with Crippen molar-refractivity contribution in [3.63, 3.8) is 0 Å². The molecule has 0 saturated carbocycles. The van der Waals surface area contributed by atoms with E-state index in [1.54, 1.807) is 20.2 Å². The van der Waals surface area contributed by atoms with Gasteiger partial charge in [-0.15, -0.1) is 0 Å². The Morgan fingerprint density at radius 2 is 1.96 bits per heavy atom. The van der Waals surface area contributed by atoms with Gasteiger partial charge in [0.05, 0.1) is 23.2 Å². The number of halogens is 3. The Morgan fingerprint density at radius 1 is 1.13 bits per heavy atom. The van der Waals surface area contributed by atoms with Gasteiger partial charge in [0, 0.05) is 57.5 Å². The highest BCUT2D eigenvalue weighted by Gasteiger charge is 2.49. The normalized spacial score (nSPS) is 20.4. The molecule has 8 rings (SSSR count). The predicted molar refractivity (Wildman–Crippen MR) is 190 cm³/mol. The average Bonchev–Trinajstić information content (AvgIpc) is 3.69. The number of amides is 1. The van der Waals surface area contributed by atoms with Crippen LogP contribution in [0.2, 0.25) is 0 Å². The maximum Gasteiger partial charge on any atom is 0.319 e. The van der Waals surface area contributed by atoms with Gasteiger partial charge in [0.1, 0.15) is 41.4 Å². The molecule has 0 radical (unpaired) electrons. The Labute approximate surface area is 299 Å². The molecule has 5 aromatic rings. The van der Waals surface area contributed by atoms with Gasteiger partial charge in [-0.1, -0.05) is 13.0 Å². The molecule has 272 valence electrons. The van der Waals surface area contributed by atoms with Crippen LogP contribution >= 0.6 is 0 Å². The molecule has 3 aliphatic heterocycles. The molecule has 52 heavy (non-hydrogen) atoms. The molecule has 0 unspecified atom stereocenters. The molecule has 2 aromatic carbocycles. The number of anilines is 1. The minimum atomic E-state index is -0.951. The maximum absolute atomic E-state index is 17.1. The number of hydrogen-bond donors (Lipinski definition) is 1. The summed E-state index contributed by atoms with van der Waals surface area (Å²) in [7, 11) is 3.37. The topological polar surface area (TPSA) is 113 Å². The number of hydrogen-bond acceptors (Lipinski definition) is 9. The number of aryl methyl sites for hydroxylation is 2. The number of pyridine rings is 1. The van der Waals surface area contributed by atoms with E-state index in [1.165, 1.54) is 29.3 Å². The molecular weight excluding hydrogens is 673 g/mol. The molecule has 1 amide bonds. The van der Waals surface area contributed by atoms with Crippen LogP contribution < -0.4 is 9.64 Å². The number of aromatic hydroxyl groups is 1. The number of phenolic OH excluding ortho intramolecular Hbond substituents is 1. The van der Waals surface area contributed by atoms with E-state index in [2.05, 4.69) is 20.0 Å². The van der Waals surface area contributed by atoms with E-state index in [9.17, 15) is 14.3 Å². The van der Waals surface area contributed by atoms with Gasteiger partial charge in [-0.2, -0.15) is 15.1 Å². The third-order valence-corrected chi connectivity index (χ3v) is 11.0. The van der Waals surface area contributed by atoms with Gasteiger partial charge in [0.15, 0.2) is 11.5 Å². The standard InChI is InChI=1S/C38H41F3N8O3/c1-5-25-28(40)9-8-22-14-24(50)15-26(30(22)25)33-31(41)34-27(17-42-33)35(44-37(43-34)52-20-38-10-6-12-48(38)18-23(39)16-38)47-11-7-13-49-29(19-47)21(2)32(45-49)36(51)46(3)4/h8-9,14-15,17,23,50H,5-7,10-13,16,18-20H2,1-4H3/t23-,38+/m1/s1. The zero-order valence-corrected chi connectivity index (χ0v) is 29.7. The van der Waals surface area contributed by atoms with Crippen molar-refractivity contribution in [2.24, 2.45) is 0 Å². The van der Waals surface area contributed by atoms with Crippen molar-refractivity contribution in [2.75, 3.05) is 45.2 Å². The zero-order chi connectivity index (χ0) is 36.5. The summed E-state index contributed by atoms with van der Waals surface area (Å²) in [6, 6.07) is 5.75. The summed E-state index contributed by atoms with van der Waals surface area (Å²) in [5.41, 5.74) is 1.95. The first-order valence-electron chi connectivity index (χ1n) is 17.8. The minimum absolute atomic E-state index is 0.0514. The average molecular weight is 715 g/mol. The second-order valence-corrected chi connectivity index (χ2v) is 14.5. The third-order valence-electron chi connectivity index (χ3n) is 11.0. The molecule has 0 bridgehead atoms. The SMILES string of the molecule is CCc1c(F)ccc2cc(O)cc(-c3ncc4c(N5CCCn6nc(C(=O)N(C)C)c(C)c6C5)nc(OC[C@@]56CCCN5C[C@H](F)C6)nc4c3F)c12. The van der Waals surface area contributed by atoms with E-state index >= 15 is 8.78 Å². The summed E-state index contributed by atoms with van der Waals surface area (Å²) in [4.78, 5) is 32.6. The maximum atomic E-state index is 17.1. The summed E-state index contributed by atoms with van der Waals surface area (Å²) < 4.78 is 55.0. The highest BCUT2D eigenvalue weighted by molar-refractivity contribution is 6.02. The van der Waals surface area contributed by atoms with Crippen LogP contribution in [0, 0.1) is 18.6 Å². The first kappa shape index (κ1) is 34.1. The Bertz CT molecular complexity index is 2240. The quantitative estimate of drug-likeness (QED) is 0.218. The van der Waals surface area contributed by atoms with Crippen LogP contribution in [0.1, 0.15) is 59.9 Å². The summed E-state index contributed by atoms with van der Waals surface area (Å²) in [6.07, 6.45) is 3.61. The van der Waals surface area contributed by atoms with Crippen LogP contribution in [0.15, 0.2) is 30.5 Å². The van der Waals surface area contributed by atoms with Crippen molar-refractivity contribution in [3.8, 4) is 23.0 Å². The number of ether oxygens (including phenoxy) is 1. The molecule has 0 aliphatic carbocycles. The van der Waals surface area contributed by atoms with Crippen LogP contribution in [0.5, 0.6) is 11.8 Å². The van der Waals surface area contributed by atoms with Crippen LogP contribution in [0.4, 0.5) is 19.0 Å². The lowest BCUT2D eigenvalue weighted by molar-refractivity contribution is 0.0820. The number of rotatable bonds is 7. The van der Waals surface area contributed by atoms with Gasteiger partial charge in [-0.25, -0.2) is 13.2 Å². The number of fused-ring (bicyclic) bond motifs is 4. The summed E-state index contributed by atoms with van der Waals surface area (Å²) >= 11 is 0. The minimum Gasteiger partial charge on any atom is -0.508 e. The summed E-state index contributed by atoms with van der Waals surface area (Å²) in [5.74, 6) is -1.12. The highest BCUT2D eigenvalue weighted by Crippen LogP contribution is 2.42. The van der Waals surface area contributed by atoms with Gasteiger partial charge >= 0.3 is 6.01 Å². The molecule has 3 aromatic heterocycles. The Hall–Kier alpha value is -4.98. The number of phenols is 1. The lowest BCUT2D eigenvalue weighted by Crippen LogP contribution is -2.43. The molecule has 3 aliphatic rings. The Kier molecular flexibility index (Phi) is 8.47. The molecule has 11 nitrogen and oxygen atoms in total. The van der Waals surface area contributed by atoms with Crippen molar-refractivity contribution in [3.05, 3.63) is 64.6 Å². The van der Waals surface area contributed by atoms with Crippen LogP contribution in [0.3, 0.4) is 0 Å².